The van der Waals surface area contributed by atoms with E-state index in [1.807, 2.05) is 6.08 Å². The van der Waals surface area contributed by atoms with Crippen LogP contribution in [0.15, 0.2) is 24.3 Å². The molecular weight excluding hydrogens is 1180 g/mol. The number of hydrogen-bond acceptors (Lipinski definition) is 18. The third-order valence-electron chi connectivity index (χ3n) is 19.0. The first-order valence-electron chi connectivity index (χ1n) is 37.6. The number of carbonyl (C=O) groups is 1. The zero-order valence-corrected chi connectivity index (χ0v) is 57.5. The highest BCUT2D eigenvalue weighted by atomic mass is 16.8. The molecule has 19 nitrogen and oxygen atoms in total. The number of rotatable bonds is 59. The van der Waals surface area contributed by atoms with Crippen molar-refractivity contribution in [3.05, 3.63) is 24.3 Å². The zero-order valence-electron chi connectivity index (χ0n) is 57.5. The second kappa shape index (κ2) is 55.2. The van der Waals surface area contributed by atoms with Gasteiger partial charge in [-0.3, -0.25) is 4.79 Å². The first kappa shape index (κ1) is 84.5. The molecule has 0 aromatic heterocycles. The van der Waals surface area contributed by atoms with Crippen LogP contribution in [0.25, 0.3) is 0 Å². The summed E-state index contributed by atoms with van der Waals surface area (Å²) in [5.41, 5.74) is 0. The van der Waals surface area contributed by atoms with Crippen LogP contribution in [0.4, 0.5) is 0 Å². The van der Waals surface area contributed by atoms with Gasteiger partial charge in [0.05, 0.1) is 38.6 Å². The maximum Gasteiger partial charge on any atom is 0.220 e. The molecule has 0 bridgehead atoms. The van der Waals surface area contributed by atoms with Crippen LogP contribution in [0.3, 0.4) is 0 Å². The molecule has 12 N–H and O–H groups in total. The Kier molecular flexibility index (Phi) is 50.7. The highest BCUT2D eigenvalue weighted by molar-refractivity contribution is 5.76. The van der Waals surface area contributed by atoms with Gasteiger partial charge in [-0.2, -0.15) is 0 Å². The summed E-state index contributed by atoms with van der Waals surface area (Å²) in [5, 5.41) is 121. The van der Waals surface area contributed by atoms with E-state index in [2.05, 4.69) is 31.3 Å². The van der Waals surface area contributed by atoms with E-state index in [0.29, 0.717) is 12.8 Å². The van der Waals surface area contributed by atoms with E-state index in [1.54, 1.807) is 6.08 Å². The lowest BCUT2D eigenvalue weighted by Crippen LogP contribution is -2.66. The summed E-state index contributed by atoms with van der Waals surface area (Å²) in [5.74, 6) is -0.281. The molecule has 17 atom stereocenters. The number of allylic oxidation sites excluding steroid dienone is 3. The van der Waals surface area contributed by atoms with Gasteiger partial charge in [0.25, 0.3) is 0 Å². The van der Waals surface area contributed by atoms with E-state index in [9.17, 15) is 61.0 Å². The van der Waals surface area contributed by atoms with Gasteiger partial charge in [-0.15, -0.1) is 0 Å². The van der Waals surface area contributed by atoms with Gasteiger partial charge in [0.1, 0.15) is 73.2 Å². The Morgan fingerprint density at radius 3 is 1.09 bits per heavy atom. The normalized spacial score (nSPS) is 27.8. The van der Waals surface area contributed by atoms with E-state index in [0.717, 1.165) is 38.5 Å². The summed E-state index contributed by atoms with van der Waals surface area (Å²) in [6.07, 6.45) is 37.6. The number of nitrogens with one attached hydrogen (secondary N) is 1. The third-order valence-corrected chi connectivity index (χ3v) is 19.0. The van der Waals surface area contributed by atoms with Crippen LogP contribution in [0, 0.1) is 0 Å². The zero-order chi connectivity index (χ0) is 66.8. The predicted molar refractivity (Wildman–Crippen MR) is 360 cm³/mol. The Morgan fingerprint density at radius 2 is 0.696 bits per heavy atom. The molecule has 0 aromatic rings. The topological polar surface area (TPSA) is 307 Å². The molecule has 3 fully saturated rings. The monoisotopic (exact) mass is 1320 g/mol. The average Bonchev–Trinajstić information content (AvgIpc) is 0.811. The Bertz CT molecular complexity index is 1760. The molecule has 0 radical (unpaired) electrons. The highest BCUT2D eigenvalue weighted by Gasteiger charge is 2.53. The van der Waals surface area contributed by atoms with Crippen molar-refractivity contribution < 1.29 is 89.4 Å². The van der Waals surface area contributed by atoms with Gasteiger partial charge in [-0.1, -0.05) is 289 Å². The molecule has 92 heavy (non-hydrogen) atoms. The minimum absolute atomic E-state index is 0.240. The third kappa shape index (κ3) is 36.2. The number of unbranched alkanes of at least 4 members (excludes halogenated alkanes) is 41. The maximum absolute atomic E-state index is 13.4. The number of aliphatic hydroxyl groups is 11. The molecular formula is C73H137NO18. The van der Waals surface area contributed by atoms with E-state index in [1.165, 1.54) is 231 Å². The largest absolute Gasteiger partial charge is 0.394 e. The molecule has 0 saturated carbocycles. The van der Waals surface area contributed by atoms with E-state index < -0.39 is 124 Å². The molecule has 19 heteroatoms. The Labute approximate surface area is 556 Å². The van der Waals surface area contributed by atoms with E-state index in [4.69, 9.17) is 28.4 Å². The summed E-state index contributed by atoms with van der Waals surface area (Å²) < 4.78 is 34.3. The van der Waals surface area contributed by atoms with Crippen molar-refractivity contribution in [1.29, 1.82) is 0 Å². The minimum atomic E-state index is -1.98. The summed E-state index contributed by atoms with van der Waals surface area (Å²) in [7, 11) is 0. The lowest BCUT2D eigenvalue weighted by atomic mass is 9.96. The quantitative estimate of drug-likeness (QED) is 0.0199. The molecule has 17 unspecified atom stereocenters. The molecule has 3 heterocycles. The van der Waals surface area contributed by atoms with Crippen molar-refractivity contribution in [2.45, 2.75) is 407 Å². The first-order valence-corrected chi connectivity index (χ1v) is 37.6. The van der Waals surface area contributed by atoms with Crippen LogP contribution in [-0.2, 0) is 33.2 Å². The van der Waals surface area contributed by atoms with Crippen molar-refractivity contribution in [2.75, 3.05) is 26.4 Å². The Balaban J connectivity index is 1.37. The molecule has 3 rings (SSSR count). The van der Waals surface area contributed by atoms with Gasteiger partial charge in [0.15, 0.2) is 18.9 Å². The van der Waals surface area contributed by atoms with Gasteiger partial charge in [-0.05, 0) is 32.1 Å². The van der Waals surface area contributed by atoms with E-state index >= 15 is 0 Å². The fraction of sp³-hybridized carbons (Fsp3) is 0.932. The Morgan fingerprint density at radius 1 is 0.380 bits per heavy atom. The van der Waals surface area contributed by atoms with Crippen LogP contribution in [-0.4, -0.2) is 193 Å². The molecule has 542 valence electrons. The maximum atomic E-state index is 13.4. The van der Waals surface area contributed by atoms with Gasteiger partial charge in [0.2, 0.25) is 5.91 Å². The standard InChI is InChI=1S/C73H137NO18/c1-3-5-7-9-11-13-15-17-19-20-21-22-23-24-25-26-27-28-29-30-31-32-33-34-35-36-37-38-40-42-44-46-48-50-57(78)56(74-61(79)51-49-47-45-43-41-39-18-16-14-12-10-8-6-4-2)55-87-71-67(85)64(82)69(59(53-76)89-71)92-73-68(86)65(83)70(60(54-77)90-73)91-72-66(84)63(81)62(80)58(52-75)88-72/h40,42,48,50,56-60,62-73,75-78,80-86H,3-39,41,43-47,49,51-55H2,1-2H3,(H,74,79)/b42-40+,50-48+. The van der Waals surface area contributed by atoms with Crippen LogP contribution >= 0.6 is 0 Å². The van der Waals surface area contributed by atoms with Gasteiger partial charge in [0, 0.05) is 6.42 Å². The molecule has 0 spiro atoms. The van der Waals surface area contributed by atoms with Crippen LogP contribution in [0.5, 0.6) is 0 Å². The van der Waals surface area contributed by atoms with E-state index in [-0.39, 0.29) is 18.9 Å². The summed E-state index contributed by atoms with van der Waals surface area (Å²) in [6, 6.07) is -0.987. The predicted octanol–water partition coefficient (Wildman–Crippen LogP) is 11.0. The lowest BCUT2D eigenvalue weighted by molar-refractivity contribution is -0.379. The second-order valence-electron chi connectivity index (χ2n) is 27.1. The summed E-state index contributed by atoms with van der Waals surface area (Å²) in [4.78, 5) is 13.4. The number of hydrogen-bond donors (Lipinski definition) is 12. The van der Waals surface area contributed by atoms with Gasteiger partial charge < -0.3 is 89.9 Å². The minimum Gasteiger partial charge on any atom is -0.394 e. The first-order chi connectivity index (χ1) is 44.8. The average molecular weight is 1320 g/mol. The van der Waals surface area contributed by atoms with Crippen molar-refractivity contribution in [1.82, 2.24) is 5.32 Å². The molecule has 0 aromatic carbocycles. The van der Waals surface area contributed by atoms with Crippen LogP contribution < -0.4 is 5.32 Å². The van der Waals surface area contributed by atoms with Gasteiger partial charge in [-0.25, -0.2) is 0 Å². The van der Waals surface area contributed by atoms with Crippen molar-refractivity contribution in [3.63, 3.8) is 0 Å². The number of carbonyl (C=O) groups excluding carboxylic acids is 1. The SMILES string of the molecule is CCCCCCCCCCCCCCCCCCCCCCCCCCCCC/C=C/CC/C=C/C(O)C(COC1OC(CO)C(OC2OC(CO)C(OC3OC(CO)C(O)C(O)C3O)C(O)C2O)C(O)C1O)NC(=O)CCCCCCCCCCCCCCCC. The highest BCUT2D eigenvalue weighted by Crippen LogP contribution is 2.33. The number of amides is 1. The number of aliphatic hydroxyl groups excluding tert-OH is 11. The Hall–Kier alpha value is -1.73. The molecule has 0 aliphatic carbocycles. The fourth-order valence-electron chi connectivity index (χ4n) is 12.9. The summed E-state index contributed by atoms with van der Waals surface area (Å²) in [6.45, 7) is 1.75. The van der Waals surface area contributed by atoms with Crippen molar-refractivity contribution >= 4 is 5.91 Å². The van der Waals surface area contributed by atoms with Gasteiger partial charge >= 0.3 is 0 Å². The van der Waals surface area contributed by atoms with Crippen molar-refractivity contribution in [3.8, 4) is 0 Å². The molecule has 1 amide bonds. The summed E-state index contributed by atoms with van der Waals surface area (Å²) >= 11 is 0. The second-order valence-corrected chi connectivity index (χ2v) is 27.1. The number of ether oxygens (including phenoxy) is 6. The molecule has 3 aliphatic heterocycles. The van der Waals surface area contributed by atoms with Crippen LogP contribution in [0.1, 0.15) is 303 Å². The smallest absolute Gasteiger partial charge is 0.220 e. The van der Waals surface area contributed by atoms with Crippen molar-refractivity contribution in [2.24, 2.45) is 0 Å². The lowest BCUT2D eigenvalue weighted by Gasteiger charge is -2.48. The fourth-order valence-corrected chi connectivity index (χ4v) is 12.9. The molecule has 3 saturated heterocycles. The van der Waals surface area contributed by atoms with Crippen LogP contribution in [0.2, 0.25) is 0 Å². The molecule has 3 aliphatic rings.